The Kier molecular flexibility index (Phi) is 7.37. The van der Waals surface area contributed by atoms with E-state index in [1.807, 2.05) is 16.6 Å². The molecule has 0 radical (unpaired) electrons. The molecule has 0 fully saturated rings. The van der Waals surface area contributed by atoms with E-state index in [9.17, 15) is 0 Å². The lowest BCUT2D eigenvalue weighted by Gasteiger charge is -2.22. The zero-order valence-electron chi connectivity index (χ0n) is 12.8. The van der Waals surface area contributed by atoms with Crippen LogP contribution in [0.15, 0.2) is 5.38 Å². The fraction of sp³-hybridized carbons (Fsp3) is 0.733. The molecule has 0 saturated carbocycles. The van der Waals surface area contributed by atoms with E-state index in [0.29, 0.717) is 5.92 Å². The number of thiophene rings is 1. The van der Waals surface area contributed by atoms with Crippen molar-refractivity contribution in [3.63, 3.8) is 0 Å². The minimum absolute atomic E-state index is 0.0944. The van der Waals surface area contributed by atoms with Crippen LogP contribution in [-0.2, 0) is 0 Å². The van der Waals surface area contributed by atoms with Gasteiger partial charge >= 0.3 is 0 Å². The summed E-state index contributed by atoms with van der Waals surface area (Å²) in [4.78, 5) is 1.69. The first-order chi connectivity index (χ1) is 8.60. The lowest BCUT2D eigenvalue weighted by molar-refractivity contribution is 0.895. The molecular weight excluding hydrogens is 274 g/mol. The van der Waals surface area contributed by atoms with Crippen LogP contribution in [0.5, 0.6) is 0 Å². The highest BCUT2D eigenvalue weighted by molar-refractivity contribution is 7.72. The Morgan fingerprint density at radius 3 is 1.83 bits per heavy atom. The highest BCUT2D eigenvalue weighted by Gasteiger charge is 2.23. The maximum atomic E-state index is 2.50. The summed E-state index contributed by atoms with van der Waals surface area (Å²) in [6.45, 7) is 14.2. The third-order valence-corrected chi connectivity index (χ3v) is 10.5. The highest BCUT2D eigenvalue weighted by atomic mass is 32.1. The lowest BCUT2D eigenvalue weighted by Crippen LogP contribution is -2.24. The molecule has 1 aromatic heterocycles. The van der Waals surface area contributed by atoms with Crippen LogP contribution in [0.3, 0.4) is 0 Å². The van der Waals surface area contributed by atoms with Crippen molar-refractivity contribution in [1.29, 1.82) is 0 Å². The van der Waals surface area contributed by atoms with Crippen LogP contribution in [0.1, 0.15) is 52.3 Å². The van der Waals surface area contributed by atoms with Gasteiger partial charge in [-0.05, 0) is 46.6 Å². The Labute approximate surface area is 120 Å². The average molecular weight is 302 g/mol. The molecule has 1 heterocycles. The largest absolute Gasteiger partial charge is 0.147 e. The normalized spacial score (nSPS) is 12.1. The molecule has 0 nitrogen and oxygen atoms in total. The standard InChI is InChI=1S/C15H28P2S/c1-7-16(8-2)13-11-18-15(12(5)6)14(13)17(9-3)10-4/h11-12H,7-10H2,1-6H3. The maximum absolute atomic E-state index is 2.50. The predicted molar refractivity (Wildman–Crippen MR) is 93.7 cm³/mol. The summed E-state index contributed by atoms with van der Waals surface area (Å²) in [5.41, 5.74) is 0. The molecule has 0 bridgehead atoms. The monoisotopic (exact) mass is 302 g/mol. The van der Waals surface area contributed by atoms with Crippen molar-refractivity contribution in [1.82, 2.24) is 0 Å². The molecule has 1 rings (SSSR count). The summed E-state index contributed by atoms with van der Waals surface area (Å²) in [6, 6.07) is 0. The van der Waals surface area contributed by atoms with Gasteiger partial charge in [0.15, 0.2) is 0 Å². The predicted octanol–water partition coefficient (Wildman–Crippen LogP) is 5.17. The van der Waals surface area contributed by atoms with Gasteiger partial charge < -0.3 is 0 Å². The van der Waals surface area contributed by atoms with Gasteiger partial charge in [0.1, 0.15) is 0 Å². The molecule has 18 heavy (non-hydrogen) atoms. The van der Waals surface area contributed by atoms with E-state index < -0.39 is 0 Å². The fourth-order valence-corrected chi connectivity index (χ4v) is 9.16. The molecule has 0 saturated heterocycles. The average Bonchev–Trinajstić information content (AvgIpc) is 2.78. The van der Waals surface area contributed by atoms with Gasteiger partial charge in [-0.2, -0.15) is 0 Å². The third kappa shape index (κ3) is 3.56. The SMILES string of the molecule is CCP(CC)c1csc(C(C)C)c1P(CC)CC. The van der Waals surface area contributed by atoms with Crippen molar-refractivity contribution >= 4 is 37.8 Å². The van der Waals surface area contributed by atoms with Crippen LogP contribution in [0.25, 0.3) is 0 Å². The summed E-state index contributed by atoms with van der Waals surface area (Å²) in [5.74, 6) is 0.701. The summed E-state index contributed by atoms with van der Waals surface area (Å²) in [5, 5.41) is 6.08. The third-order valence-electron chi connectivity index (χ3n) is 3.48. The summed E-state index contributed by atoms with van der Waals surface area (Å²) < 4.78 is 0. The van der Waals surface area contributed by atoms with Crippen LogP contribution in [0.2, 0.25) is 0 Å². The van der Waals surface area contributed by atoms with E-state index >= 15 is 0 Å². The quantitative estimate of drug-likeness (QED) is 0.610. The van der Waals surface area contributed by atoms with Gasteiger partial charge in [-0.3, -0.25) is 0 Å². The van der Waals surface area contributed by atoms with E-state index in [0.717, 1.165) is 0 Å². The Hall–Kier alpha value is 0.560. The van der Waals surface area contributed by atoms with E-state index in [1.165, 1.54) is 24.6 Å². The van der Waals surface area contributed by atoms with E-state index in [4.69, 9.17) is 0 Å². The lowest BCUT2D eigenvalue weighted by atomic mass is 10.2. The Bertz CT molecular complexity index is 349. The second kappa shape index (κ2) is 7.98. The van der Waals surface area contributed by atoms with Gasteiger partial charge in [-0.15, -0.1) is 11.3 Å². The van der Waals surface area contributed by atoms with Gasteiger partial charge in [0.05, 0.1) is 0 Å². The fourth-order valence-electron chi connectivity index (χ4n) is 2.41. The first-order valence-electron chi connectivity index (χ1n) is 7.21. The second-order valence-corrected chi connectivity index (χ2v) is 11.4. The van der Waals surface area contributed by atoms with Crippen molar-refractivity contribution in [2.45, 2.75) is 47.5 Å². The zero-order chi connectivity index (χ0) is 13.7. The Morgan fingerprint density at radius 2 is 1.44 bits per heavy atom. The maximum Gasteiger partial charge on any atom is 0.0154 e. The van der Waals surface area contributed by atoms with E-state index in [2.05, 4.69) is 46.9 Å². The highest BCUT2D eigenvalue weighted by Crippen LogP contribution is 2.43. The molecule has 0 unspecified atom stereocenters. The first-order valence-corrected chi connectivity index (χ1v) is 11.5. The van der Waals surface area contributed by atoms with Crippen molar-refractivity contribution in [3.05, 3.63) is 10.3 Å². The van der Waals surface area contributed by atoms with Crippen LogP contribution >= 0.6 is 27.2 Å². The number of hydrogen-bond donors (Lipinski definition) is 0. The van der Waals surface area contributed by atoms with Crippen LogP contribution in [0, 0.1) is 0 Å². The molecular formula is C15H28P2S. The summed E-state index contributed by atoms with van der Waals surface area (Å²) in [6.07, 6.45) is 5.41. The molecule has 3 heteroatoms. The zero-order valence-corrected chi connectivity index (χ0v) is 15.4. The molecule has 1 aromatic rings. The molecule has 0 aliphatic heterocycles. The number of rotatable bonds is 7. The van der Waals surface area contributed by atoms with Gasteiger partial charge in [0.2, 0.25) is 0 Å². The van der Waals surface area contributed by atoms with E-state index in [-0.39, 0.29) is 15.8 Å². The molecule has 0 spiro atoms. The minimum Gasteiger partial charge on any atom is -0.147 e. The van der Waals surface area contributed by atoms with Crippen LogP contribution < -0.4 is 10.6 Å². The summed E-state index contributed by atoms with van der Waals surface area (Å²) in [7, 11) is 0.201. The van der Waals surface area contributed by atoms with Gasteiger partial charge in [-0.25, -0.2) is 0 Å². The Balaban J connectivity index is 3.26. The van der Waals surface area contributed by atoms with Crippen LogP contribution in [0.4, 0.5) is 0 Å². The van der Waals surface area contributed by atoms with Crippen molar-refractivity contribution < 1.29 is 0 Å². The van der Waals surface area contributed by atoms with Gasteiger partial charge in [0.25, 0.3) is 0 Å². The topological polar surface area (TPSA) is 0 Å². The Morgan fingerprint density at radius 1 is 0.944 bits per heavy atom. The molecule has 0 aliphatic rings. The molecule has 0 aromatic carbocycles. The molecule has 0 aliphatic carbocycles. The second-order valence-electron chi connectivity index (χ2n) is 4.83. The first kappa shape index (κ1) is 16.6. The summed E-state index contributed by atoms with van der Waals surface area (Å²) >= 11 is 2.03. The van der Waals surface area contributed by atoms with Crippen molar-refractivity contribution in [2.24, 2.45) is 0 Å². The van der Waals surface area contributed by atoms with Gasteiger partial charge in [-0.1, -0.05) is 57.4 Å². The smallest absolute Gasteiger partial charge is 0.0154 e. The number of hydrogen-bond acceptors (Lipinski definition) is 1. The minimum atomic E-state index is 0.0944. The molecule has 0 amide bonds. The van der Waals surface area contributed by atoms with Crippen LogP contribution in [-0.4, -0.2) is 24.6 Å². The van der Waals surface area contributed by atoms with Crippen molar-refractivity contribution in [2.75, 3.05) is 24.6 Å². The van der Waals surface area contributed by atoms with Crippen molar-refractivity contribution in [3.8, 4) is 0 Å². The molecule has 0 N–H and O–H groups in total. The molecule has 104 valence electrons. The van der Waals surface area contributed by atoms with E-state index in [1.54, 1.807) is 10.2 Å². The van der Waals surface area contributed by atoms with Gasteiger partial charge in [0, 0.05) is 4.88 Å². The molecule has 0 atom stereocenters.